The maximum atomic E-state index is 12.1. The van der Waals surface area contributed by atoms with E-state index in [4.69, 9.17) is 9.84 Å². The molecule has 3 heterocycles. The van der Waals surface area contributed by atoms with Gasteiger partial charge < -0.3 is 14.7 Å². The van der Waals surface area contributed by atoms with Crippen molar-refractivity contribution in [3.05, 3.63) is 23.8 Å². The summed E-state index contributed by atoms with van der Waals surface area (Å²) in [5.41, 5.74) is 0.673. The predicted molar refractivity (Wildman–Crippen MR) is 71.9 cm³/mol. The Morgan fingerprint density at radius 2 is 1.95 bits per heavy atom. The van der Waals surface area contributed by atoms with E-state index in [1.54, 1.807) is 6.20 Å². The van der Waals surface area contributed by atoms with Gasteiger partial charge in [-0.15, -0.1) is 0 Å². The lowest BCUT2D eigenvalue weighted by atomic mass is 9.92. The zero-order chi connectivity index (χ0) is 14.8. The molecule has 3 rings (SSSR count). The molecule has 1 N–H and O–H groups in total. The molecule has 2 saturated heterocycles. The lowest BCUT2D eigenvalue weighted by Crippen LogP contribution is -2.47. The Morgan fingerprint density at radius 1 is 1.24 bits per heavy atom. The van der Waals surface area contributed by atoms with E-state index in [0.717, 1.165) is 12.8 Å². The number of ether oxygens (including phenoxy) is 1. The van der Waals surface area contributed by atoms with Gasteiger partial charge in [0, 0.05) is 25.2 Å². The van der Waals surface area contributed by atoms with Crippen LogP contribution in [-0.4, -0.2) is 58.2 Å². The van der Waals surface area contributed by atoms with Gasteiger partial charge >= 0.3 is 5.97 Å². The highest BCUT2D eigenvalue weighted by Crippen LogP contribution is 2.27. The van der Waals surface area contributed by atoms with Crippen LogP contribution in [0.1, 0.15) is 34.9 Å². The molecule has 7 nitrogen and oxygen atoms in total. The van der Waals surface area contributed by atoms with E-state index in [-0.39, 0.29) is 23.4 Å². The highest BCUT2D eigenvalue weighted by atomic mass is 16.5. The summed E-state index contributed by atoms with van der Waals surface area (Å²) in [4.78, 5) is 33.0. The van der Waals surface area contributed by atoms with Crippen LogP contribution in [0.2, 0.25) is 0 Å². The molecule has 2 aliphatic heterocycles. The van der Waals surface area contributed by atoms with E-state index < -0.39 is 5.97 Å². The average Bonchev–Trinajstić information content (AvgIpc) is 2.46. The minimum absolute atomic E-state index is 0.0247. The first-order chi connectivity index (χ1) is 10.1. The third kappa shape index (κ3) is 2.87. The molecule has 1 aromatic heterocycles. The maximum absolute atomic E-state index is 12.1. The largest absolute Gasteiger partial charge is 0.476 e. The molecule has 112 valence electrons. The van der Waals surface area contributed by atoms with Gasteiger partial charge in [0.1, 0.15) is 0 Å². The normalized spacial score (nSPS) is 20.1. The van der Waals surface area contributed by atoms with Crippen molar-refractivity contribution >= 4 is 11.9 Å². The summed E-state index contributed by atoms with van der Waals surface area (Å²) in [5.74, 6) is -0.706. The number of nitrogens with zero attached hydrogens (tertiary/aromatic N) is 3. The Kier molecular flexibility index (Phi) is 3.83. The Bertz CT molecular complexity index is 551. The highest BCUT2D eigenvalue weighted by Gasteiger charge is 2.33. The summed E-state index contributed by atoms with van der Waals surface area (Å²) < 4.78 is 5.05. The number of hydrogen-bond donors (Lipinski definition) is 1. The summed E-state index contributed by atoms with van der Waals surface area (Å²) in [6, 6.07) is 0. The molecule has 0 aliphatic carbocycles. The van der Waals surface area contributed by atoms with Crippen LogP contribution in [0.15, 0.2) is 12.4 Å². The lowest BCUT2D eigenvalue weighted by Gasteiger charge is -2.36. The van der Waals surface area contributed by atoms with E-state index >= 15 is 0 Å². The topological polar surface area (TPSA) is 92.6 Å². The van der Waals surface area contributed by atoms with Gasteiger partial charge in [-0.05, 0) is 12.8 Å². The van der Waals surface area contributed by atoms with Crippen LogP contribution < -0.4 is 0 Å². The number of carboxylic acid groups (broad SMARTS) is 1. The van der Waals surface area contributed by atoms with Gasteiger partial charge in [0.05, 0.1) is 31.0 Å². The fourth-order valence-corrected chi connectivity index (χ4v) is 2.71. The molecule has 1 aromatic rings. The molecule has 2 fully saturated rings. The third-order valence-corrected chi connectivity index (χ3v) is 4.08. The van der Waals surface area contributed by atoms with Crippen LogP contribution in [0.5, 0.6) is 0 Å². The first-order valence-electron chi connectivity index (χ1n) is 7.07. The van der Waals surface area contributed by atoms with Crippen LogP contribution in [0.4, 0.5) is 0 Å². The Balaban J connectivity index is 1.61. The van der Waals surface area contributed by atoms with Crippen molar-refractivity contribution in [3.63, 3.8) is 0 Å². The Morgan fingerprint density at radius 3 is 2.52 bits per heavy atom. The van der Waals surface area contributed by atoms with E-state index in [9.17, 15) is 9.59 Å². The predicted octanol–water partition coefficient (Wildman–Crippen LogP) is 0.527. The third-order valence-electron chi connectivity index (χ3n) is 4.08. The monoisotopic (exact) mass is 291 g/mol. The molecule has 1 amide bonds. The molecule has 0 unspecified atom stereocenters. The maximum Gasteiger partial charge on any atom is 0.356 e. The van der Waals surface area contributed by atoms with Gasteiger partial charge in [-0.3, -0.25) is 9.78 Å². The molecule has 21 heavy (non-hydrogen) atoms. The second-order valence-electron chi connectivity index (χ2n) is 5.47. The van der Waals surface area contributed by atoms with E-state index in [1.165, 1.54) is 6.20 Å². The van der Waals surface area contributed by atoms with Crippen molar-refractivity contribution in [2.24, 2.45) is 5.92 Å². The van der Waals surface area contributed by atoms with Crippen molar-refractivity contribution in [1.29, 1.82) is 0 Å². The van der Waals surface area contributed by atoms with Gasteiger partial charge in [0.15, 0.2) is 5.69 Å². The smallest absolute Gasteiger partial charge is 0.356 e. The zero-order valence-corrected chi connectivity index (χ0v) is 11.6. The number of carbonyl (C=O) groups excluding carboxylic acids is 1. The SMILES string of the molecule is O=C(O)c1cncc(C2CCN(C(=O)C3COC3)CC2)n1. The first kappa shape index (κ1) is 13.9. The molecule has 0 bridgehead atoms. The van der Waals surface area contributed by atoms with Crippen LogP contribution in [0.25, 0.3) is 0 Å². The number of carbonyl (C=O) groups is 2. The van der Waals surface area contributed by atoms with Gasteiger partial charge in [0.25, 0.3) is 0 Å². The number of rotatable bonds is 3. The first-order valence-corrected chi connectivity index (χ1v) is 7.07. The van der Waals surface area contributed by atoms with Crippen molar-refractivity contribution in [3.8, 4) is 0 Å². The summed E-state index contributed by atoms with van der Waals surface area (Å²) in [5, 5.41) is 8.95. The van der Waals surface area contributed by atoms with Crippen LogP contribution >= 0.6 is 0 Å². The number of amides is 1. The fourth-order valence-electron chi connectivity index (χ4n) is 2.71. The van der Waals surface area contributed by atoms with Gasteiger partial charge in [-0.25, -0.2) is 9.78 Å². The number of carboxylic acids is 1. The van der Waals surface area contributed by atoms with Crippen molar-refractivity contribution in [1.82, 2.24) is 14.9 Å². The minimum Gasteiger partial charge on any atom is -0.476 e. The van der Waals surface area contributed by atoms with Crippen molar-refractivity contribution < 1.29 is 19.4 Å². The van der Waals surface area contributed by atoms with Crippen molar-refractivity contribution in [2.75, 3.05) is 26.3 Å². The summed E-state index contributed by atoms with van der Waals surface area (Å²) in [7, 11) is 0. The molecular weight excluding hydrogens is 274 g/mol. The number of aromatic nitrogens is 2. The Hall–Kier alpha value is -2.02. The number of piperidine rings is 1. The minimum atomic E-state index is -1.07. The molecule has 0 radical (unpaired) electrons. The average molecular weight is 291 g/mol. The van der Waals surface area contributed by atoms with Gasteiger partial charge in [-0.2, -0.15) is 0 Å². The number of hydrogen-bond acceptors (Lipinski definition) is 5. The molecular formula is C14H17N3O4. The summed E-state index contributed by atoms with van der Waals surface area (Å²) in [6.45, 7) is 2.42. The zero-order valence-electron chi connectivity index (χ0n) is 11.6. The Labute approximate surface area is 121 Å². The molecule has 0 saturated carbocycles. The van der Waals surface area contributed by atoms with Crippen molar-refractivity contribution in [2.45, 2.75) is 18.8 Å². The molecule has 7 heteroatoms. The fraction of sp³-hybridized carbons (Fsp3) is 0.571. The lowest BCUT2D eigenvalue weighted by molar-refractivity contribution is -0.150. The number of aromatic carboxylic acids is 1. The quantitative estimate of drug-likeness (QED) is 0.873. The molecule has 0 atom stereocenters. The number of likely N-dealkylation sites (tertiary alicyclic amines) is 1. The van der Waals surface area contributed by atoms with Gasteiger partial charge in [-0.1, -0.05) is 0 Å². The highest BCUT2D eigenvalue weighted by molar-refractivity contribution is 5.84. The van der Waals surface area contributed by atoms with E-state index in [2.05, 4.69) is 9.97 Å². The summed E-state index contributed by atoms with van der Waals surface area (Å²) >= 11 is 0. The van der Waals surface area contributed by atoms with Crippen LogP contribution in [0.3, 0.4) is 0 Å². The standard InChI is InChI=1S/C14H17N3O4/c18-13(10-7-21-8-10)17-3-1-9(2-4-17)11-5-15-6-12(16-11)14(19)20/h5-6,9-10H,1-4,7-8H2,(H,19,20). The van der Waals surface area contributed by atoms with E-state index in [0.29, 0.717) is 32.0 Å². The van der Waals surface area contributed by atoms with Crippen LogP contribution in [0, 0.1) is 5.92 Å². The molecule has 0 aromatic carbocycles. The van der Waals surface area contributed by atoms with Crippen LogP contribution in [-0.2, 0) is 9.53 Å². The second-order valence-corrected chi connectivity index (χ2v) is 5.47. The molecule has 0 spiro atoms. The van der Waals surface area contributed by atoms with Gasteiger partial charge in [0.2, 0.25) is 5.91 Å². The second kappa shape index (κ2) is 5.77. The van der Waals surface area contributed by atoms with E-state index in [1.807, 2.05) is 4.90 Å². The molecule has 2 aliphatic rings. The summed E-state index contributed by atoms with van der Waals surface area (Å²) in [6.07, 6.45) is 4.45.